The summed E-state index contributed by atoms with van der Waals surface area (Å²) in [6.45, 7) is -0.0582. The molecular formula is C16H12BF2N2O. The van der Waals surface area contributed by atoms with Crippen LogP contribution in [-0.4, -0.2) is 30.5 Å². The Balaban J connectivity index is 1.75. The predicted molar refractivity (Wildman–Crippen MR) is 81.5 cm³/mol. The van der Waals surface area contributed by atoms with Gasteiger partial charge in [0.2, 0.25) is 0 Å². The van der Waals surface area contributed by atoms with Crippen LogP contribution in [0.5, 0.6) is 5.75 Å². The van der Waals surface area contributed by atoms with Crippen molar-refractivity contribution < 1.29 is 13.5 Å². The van der Waals surface area contributed by atoms with Crippen LogP contribution in [0.25, 0.3) is 17.3 Å². The molecule has 0 aliphatic carbocycles. The molecule has 6 heteroatoms. The lowest BCUT2D eigenvalue weighted by molar-refractivity contribution is 0.415. The highest BCUT2D eigenvalue weighted by Gasteiger charge is 2.32. The Hall–Kier alpha value is -2.50. The van der Waals surface area contributed by atoms with Crippen LogP contribution >= 0.6 is 0 Å². The number of hydrogen-bond acceptors (Lipinski definition) is 2. The highest BCUT2D eigenvalue weighted by Crippen LogP contribution is 2.35. The van der Waals surface area contributed by atoms with E-state index in [1.165, 1.54) is 0 Å². The van der Waals surface area contributed by atoms with Gasteiger partial charge in [0.1, 0.15) is 5.75 Å². The van der Waals surface area contributed by atoms with Gasteiger partial charge in [-0.2, -0.15) is 0 Å². The van der Waals surface area contributed by atoms with Gasteiger partial charge in [0.15, 0.2) is 11.7 Å². The first-order valence-electron chi connectivity index (χ1n) is 6.91. The van der Waals surface area contributed by atoms with E-state index in [-0.39, 0.29) is 12.2 Å². The van der Waals surface area contributed by atoms with Crippen LogP contribution in [0.4, 0.5) is 8.78 Å². The molecule has 2 aliphatic rings. The number of methoxy groups -OCH3 is 1. The smallest absolute Gasteiger partial charge is 0.396 e. The third kappa shape index (κ3) is 1.87. The van der Waals surface area contributed by atoms with E-state index in [1.54, 1.807) is 25.5 Å². The Morgan fingerprint density at radius 1 is 1.09 bits per heavy atom. The van der Waals surface area contributed by atoms with Crippen LogP contribution < -0.4 is 4.74 Å². The molecule has 1 aromatic heterocycles. The van der Waals surface area contributed by atoms with Crippen LogP contribution in [0.15, 0.2) is 53.7 Å². The van der Waals surface area contributed by atoms with Gasteiger partial charge in [-0.25, -0.2) is 8.78 Å². The maximum atomic E-state index is 13.7. The summed E-state index contributed by atoms with van der Waals surface area (Å²) < 4.78 is 34.2. The lowest BCUT2D eigenvalue weighted by atomic mass is 10.00. The number of nitrogens with zero attached hydrogens (tertiary/aromatic N) is 2. The molecule has 1 radical (unpaired) electrons. The van der Waals surface area contributed by atoms with E-state index < -0.39 is 11.7 Å². The summed E-state index contributed by atoms with van der Waals surface area (Å²) in [5.74, 6) is -0.706. The molecule has 0 amide bonds. The lowest BCUT2D eigenvalue weighted by Gasteiger charge is -2.26. The first kappa shape index (κ1) is 13.2. The molecule has 22 heavy (non-hydrogen) atoms. The maximum Gasteiger partial charge on any atom is 0.396 e. The molecule has 0 saturated carbocycles. The van der Waals surface area contributed by atoms with Crippen molar-refractivity contribution in [2.75, 3.05) is 13.7 Å². The number of hydrogen-bond donors (Lipinski definition) is 0. The molecule has 2 aliphatic heterocycles. The molecule has 4 rings (SSSR count). The van der Waals surface area contributed by atoms with E-state index >= 15 is 0 Å². The average molecular weight is 297 g/mol. The summed E-state index contributed by atoms with van der Waals surface area (Å²) in [7, 11) is 3.36. The quantitative estimate of drug-likeness (QED) is 0.791. The second kappa shape index (κ2) is 4.76. The summed E-state index contributed by atoms with van der Waals surface area (Å²) in [5.41, 5.74) is 3.07. The monoisotopic (exact) mass is 297 g/mol. The van der Waals surface area contributed by atoms with E-state index in [0.29, 0.717) is 0 Å². The third-order valence-corrected chi connectivity index (χ3v) is 3.96. The molecule has 0 bridgehead atoms. The highest BCUT2D eigenvalue weighted by atomic mass is 19.2. The van der Waals surface area contributed by atoms with Gasteiger partial charge < -0.3 is 14.0 Å². The van der Waals surface area contributed by atoms with E-state index in [0.717, 1.165) is 22.7 Å². The van der Waals surface area contributed by atoms with Crippen molar-refractivity contribution in [3.05, 3.63) is 59.4 Å². The summed E-state index contributed by atoms with van der Waals surface area (Å²) in [6, 6.07) is 11.5. The number of halogens is 2. The summed E-state index contributed by atoms with van der Waals surface area (Å²) in [6.07, 6.45) is 1.66. The van der Waals surface area contributed by atoms with Crippen molar-refractivity contribution >= 4 is 13.6 Å². The highest BCUT2D eigenvalue weighted by molar-refractivity contribution is 6.34. The zero-order valence-electron chi connectivity index (χ0n) is 11.9. The number of aromatic nitrogens is 1. The minimum atomic E-state index is -0.769. The molecule has 3 nitrogen and oxygen atoms in total. The van der Waals surface area contributed by atoms with Crippen molar-refractivity contribution in [1.82, 2.24) is 9.29 Å². The van der Waals surface area contributed by atoms with E-state index in [2.05, 4.69) is 0 Å². The van der Waals surface area contributed by atoms with Crippen LogP contribution in [-0.2, 0) is 0 Å². The molecule has 0 fully saturated rings. The van der Waals surface area contributed by atoms with E-state index in [9.17, 15) is 8.78 Å². The van der Waals surface area contributed by atoms with Crippen molar-refractivity contribution in [3.63, 3.8) is 0 Å². The Morgan fingerprint density at radius 2 is 1.86 bits per heavy atom. The largest absolute Gasteiger partial charge is 0.497 e. The van der Waals surface area contributed by atoms with Gasteiger partial charge in [0.05, 0.1) is 19.4 Å². The topological polar surface area (TPSA) is 17.4 Å². The molecule has 0 unspecified atom stereocenters. The number of ether oxygens (including phenoxy) is 1. The molecule has 109 valence electrons. The van der Waals surface area contributed by atoms with Gasteiger partial charge in [-0.15, -0.1) is 0 Å². The summed E-state index contributed by atoms with van der Waals surface area (Å²) in [4.78, 5) is 1.57. The molecule has 3 heterocycles. The van der Waals surface area contributed by atoms with E-state index in [1.807, 2.05) is 40.9 Å². The predicted octanol–water partition coefficient (Wildman–Crippen LogP) is 3.37. The minimum Gasteiger partial charge on any atom is -0.497 e. The number of allylic oxidation sites excluding steroid dienone is 1. The van der Waals surface area contributed by atoms with Crippen molar-refractivity contribution in [3.8, 4) is 17.0 Å². The molecular weight excluding hydrogens is 285 g/mol. The Bertz CT molecular complexity index is 808. The molecule has 2 aromatic rings. The first-order chi connectivity index (χ1) is 10.7. The minimum absolute atomic E-state index is 0.0582. The fourth-order valence-electron chi connectivity index (χ4n) is 2.81. The van der Waals surface area contributed by atoms with Gasteiger partial charge in [-0.3, -0.25) is 0 Å². The molecule has 0 spiro atoms. The van der Waals surface area contributed by atoms with Crippen molar-refractivity contribution in [2.45, 2.75) is 0 Å². The lowest BCUT2D eigenvalue weighted by Crippen LogP contribution is -2.33. The Kier molecular flexibility index (Phi) is 2.85. The number of rotatable bonds is 2. The van der Waals surface area contributed by atoms with Gasteiger partial charge in [0, 0.05) is 11.4 Å². The molecule has 0 atom stereocenters. The zero-order chi connectivity index (χ0) is 15.3. The Morgan fingerprint density at radius 3 is 2.59 bits per heavy atom. The number of benzene rings is 1. The van der Waals surface area contributed by atoms with Gasteiger partial charge in [-0.1, -0.05) is 0 Å². The van der Waals surface area contributed by atoms with Crippen LogP contribution in [0, 0.1) is 0 Å². The standard InChI is InChI=1S/C16H12BF2N2O/c1-22-12-5-2-10(3-6-12)14-7-4-11-8-15-16(19)13(18)9-20(15)17-21(11)14/h2-8H,9H2,1H3. The summed E-state index contributed by atoms with van der Waals surface area (Å²) >= 11 is 0. The van der Waals surface area contributed by atoms with Gasteiger partial charge in [-0.05, 0) is 48.0 Å². The van der Waals surface area contributed by atoms with Crippen molar-refractivity contribution in [1.29, 1.82) is 0 Å². The SMILES string of the molecule is COc1ccc(-c2ccc3n2[B]N2CC(F)=C(F)C2=C3)cc1. The van der Waals surface area contributed by atoms with Crippen LogP contribution in [0.3, 0.4) is 0 Å². The van der Waals surface area contributed by atoms with Crippen LogP contribution in [0.2, 0.25) is 0 Å². The molecule has 0 N–H and O–H groups in total. The first-order valence-corrected chi connectivity index (χ1v) is 6.91. The maximum absolute atomic E-state index is 13.7. The average Bonchev–Trinajstić information content (AvgIpc) is 3.07. The number of fused-ring (bicyclic) bond motifs is 2. The fourth-order valence-corrected chi connectivity index (χ4v) is 2.81. The summed E-state index contributed by atoms with van der Waals surface area (Å²) in [5, 5.41) is 0. The third-order valence-electron chi connectivity index (χ3n) is 3.96. The molecule has 1 aromatic carbocycles. The van der Waals surface area contributed by atoms with E-state index in [4.69, 9.17) is 4.74 Å². The second-order valence-corrected chi connectivity index (χ2v) is 5.23. The normalized spacial score (nSPS) is 16.1. The Labute approximate surface area is 127 Å². The van der Waals surface area contributed by atoms with Gasteiger partial charge in [0.25, 0.3) is 0 Å². The molecule has 0 saturated heterocycles. The second-order valence-electron chi connectivity index (χ2n) is 5.23. The van der Waals surface area contributed by atoms with Crippen LogP contribution in [0.1, 0.15) is 5.69 Å². The van der Waals surface area contributed by atoms with Gasteiger partial charge >= 0.3 is 7.55 Å². The fraction of sp³-hybridized carbons (Fsp3) is 0.125. The zero-order valence-corrected chi connectivity index (χ0v) is 11.9. The van der Waals surface area contributed by atoms with Crippen molar-refractivity contribution in [2.24, 2.45) is 0 Å².